The van der Waals surface area contributed by atoms with Crippen molar-refractivity contribution in [3.8, 4) is 0 Å². The minimum atomic E-state index is -4.74. The molecule has 43 heavy (non-hydrogen) atoms. The van der Waals surface area contributed by atoms with Gasteiger partial charge in [-0.2, -0.15) is 0 Å². The molecule has 2 N–H and O–H groups in total. The fraction of sp³-hybridized carbons (Fsp3) is 0.882. The molecular weight excluding hydrogens is 567 g/mol. The molecule has 0 aliphatic rings. The molecule has 0 heterocycles. The summed E-state index contributed by atoms with van der Waals surface area (Å²) in [4.78, 5) is 42.5. The molecule has 0 aromatic rings. The molecule has 0 rings (SSSR count). The molecule has 0 amide bonds. The molecule has 0 aromatic carbocycles. The molecule has 8 nitrogen and oxygen atoms in total. The monoisotopic (exact) mass is 632 g/mol. The number of unbranched alkanes of at least 4 members (excludes halogenated alkanes) is 20. The predicted octanol–water partition coefficient (Wildman–Crippen LogP) is 9.90. The van der Waals surface area contributed by atoms with Gasteiger partial charge >= 0.3 is 19.8 Å². The normalized spacial score (nSPS) is 12.6. The second kappa shape index (κ2) is 30.8. The number of esters is 2. The highest BCUT2D eigenvalue weighted by Crippen LogP contribution is 2.36. The van der Waals surface area contributed by atoms with Gasteiger partial charge in [0.05, 0.1) is 6.61 Å². The van der Waals surface area contributed by atoms with Gasteiger partial charge in [0.25, 0.3) is 0 Å². The Labute approximate surface area is 263 Å². The fourth-order valence-corrected chi connectivity index (χ4v) is 5.26. The highest BCUT2D eigenvalue weighted by atomic mass is 31.2. The third kappa shape index (κ3) is 33.5. The molecule has 0 bridgehead atoms. The average molecular weight is 633 g/mol. The molecule has 0 aliphatic heterocycles. The van der Waals surface area contributed by atoms with E-state index in [1.807, 2.05) is 0 Å². The van der Waals surface area contributed by atoms with Gasteiger partial charge in [0.1, 0.15) is 6.61 Å². The fourth-order valence-electron chi connectivity index (χ4n) is 4.90. The maximum atomic E-state index is 12.3. The van der Waals surface area contributed by atoms with Gasteiger partial charge in [0.2, 0.25) is 0 Å². The summed E-state index contributed by atoms with van der Waals surface area (Å²) in [6.07, 6.45) is 30.7. The van der Waals surface area contributed by atoms with E-state index in [0.29, 0.717) is 6.42 Å². The van der Waals surface area contributed by atoms with Gasteiger partial charge in [0.15, 0.2) is 6.10 Å². The van der Waals surface area contributed by atoms with Gasteiger partial charge in [-0.05, 0) is 38.5 Å². The summed E-state index contributed by atoms with van der Waals surface area (Å²) in [5.74, 6) is -0.891. The minimum Gasteiger partial charge on any atom is -0.462 e. The molecule has 0 radical (unpaired) electrons. The Hall–Kier alpha value is -1.21. The Morgan fingerprint density at radius 1 is 0.581 bits per heavy atom. The SMILES string of the molecule is CCCCCC/C=C\CCCCCCCC(=O)O[C@H](COC(=O)CCCCCCCCCCCCCC)COP(=O)(O)O. The lowest BCUT2D eigenvalue weighted by Crippen LogP contribution is -2.29. The summed E-state index contributed by atoms with van der Waals surface area (Å²) in [5, 5.41) is 0. The summed E-state index contributed by atoms with van der Waals surface area (Å²) in [7, 11) is -4.74. The quantitative estimate of drug-likeness (QED) is 0.0325. The van der Waals surface area contributed by atoms with Crippen molar-refractivity contribution in [3.63, 3.8) is 0 Å². The Morgan fingerprint density at radius 3 is 1.44 bits per heavy atom. The van der Waals surface area contributed by atoms with E-state index in [0.717, 1.165) is 51.4 Å². The lowest BCUT2D eigenvalue weighted by Gasteiger charge is -2.18. The van der Waals surface area contributed by atoms with E-state index >= 15 is 0 Å². The van der Waals surface area contributed by atoms with Gasteiger partial charge in [-0.25, -0.2) is 4.57 Å². The van der Waals surface area contributed by atoms with Crippen LogP contribution < -0.4 is 0 Å². The maximum absolute atomic E-state index is 12.3. The molecule has 0 aliphatic carbocycles. The highest BCUT2D eigenvalue weighted by molar-refractivity contribution is 7.46. The zero-order valence-electron chi connectivity index (χ0n) is 27.6. The molecule has 0 saturated carbocycles. The molecule has 0 aromatic heterocycles. The highest BCUT2D eigenvalue weighted by Gasteiger charge is 2.22. The molecule has 0 fully saturated rings. The van der Waals surface area contributed by atoms with Crippen molar-refractivity contribution in [1.29, 1.82) is 0 Å². The zero-order chi connectivity index (χ0) is 31.9. The molecule has 0 saturated heterocycles. The van der Waals surface area contributed by atoms with Crippen molar-refractivity contribution in [2.75, 3.05) is 13.2 Å². The molecule has 0 unspecified atom stereocenters. The number of phosphoric acid groups is 1. The van der Waals surface area contributed by atoms with E-state index in [4.69, 9.17) is 19.3 Å². The Morgan fingerprint density at radius 2 is 0.977 bits per heavy atom. The van der Waals surface area contributed by atoms with E-state index in [9.17, 15) is 14.2 Å². The topological polar surface area (TPSA) is 119 Å². The molecular formula is C34H65O8P. The van der Waals surface area contributed by atoms with E-state index in [1.54, 1.807) is 0 Å². The maximum Gasteiger partial charge on any atom is 0.469 e. The van der Waals surface area contributed by atoms with Gasteiger partial charge in [-0.1, -0.05) is 135 Å². The smallest absolute Gasteiger partial charge is 0.462 e. The van der Waals surface area contributed by atoms with Crippen LogP contribution >= 0.6 is 7.82 Å². The van der Waals surface area contributed by atoms with E-state index in [2.05, 4.69) is 30.5 Å². The van der Waals surface area contributed by atoms with Gasteiger partial charge in [-0.3, -0.25) is 14.1 Å². The second-order valence-corrected chi connectivity index (χ2v) is 13.1. The number of allylic oxidation sites excluding steroid dienone is 2. The molecule has 254 valence electrons. The Balaban J connectivity index is 4.00. The first-order chi connectivity index (χ1) is 20.8. The van der Waals surface area contributed by atoms with Crippen molar-refractivity contribution >= 4 is 19.8 Å². The summed E-state index contributed by atoms with van der Waals surface area (Å²) < 4.78 is 26.2. The third-order valence-electron chi connectivity index (χ3n) is 7.53. The number of phosphoric ester groups is 1. The van der Waals surface area contributed by atoms with E-state index < -0.39 is 32.5 Å². The van der Waals surface area contributed by atoms with E-state index in [1.165, 1.54) is 89.9 Å². The number of rotatable bonds is 32. The number of carbonyl (C=O) groups is 2. The second-order valence-electron chi connectivity index (χ2n) is 11.8. The van der Waals surface area contributed by atoms with Crippen LogP contribution in [-0.4, -0.2) is 41.0 Å². The largest absolute Gasteiger partial charge is 0.469 e. The lowest BCUT2D eigenvalue weighted by molar-refractivity contribution is -0.161. The van der Waals surface area contributed by atoms with Crippen molar-refractivity contribution in [2.24, 2.45) is 0 Å². The first-order valence-corrected chi connectivity index (χ1v) is 19.0. The van der Waals surface area contributed by atoms with Crippen LogP contribution in [0.15, 0.2) is 12.2 Å². The van der Waals surface area contributed by atoms with Crippen LogP contribution in [0, 0.1) is 0 Å². The molecule has 1 atom stereocenters. The van der Waals surface area contributed by atoms with Crippen LogP contribution in [0.25, 0.3) is 0 Å². The number of hydrogen-bond donors (Lipinski definition) is 2. The van der Waals surface area contributed by atoms with Crippen LogP contribution in [-0.2, 0) is 28.2 Å². The van der Waals surface area contributed by atoms with Crippen molar-refractivity contribution in [1.82, 2.24) is 0 Å². The summed E-state index contributed by atoms with van der Waals surface area (Å²) in [6, 6.07) is 0. The predicted molar refractivity (Wildman–Crippen MR) is 175 cm³/mol. The first-order valence-electron chi connectivity index (χ1n) is 17.5. The number of carbonyl (C=O) groups excluding carboxylic acids is 2. The van der Waals surface area contributed by atoms with Crippen molar-refractivity contribution < 1.29 is 37.9 Å². The minimum absolute atomic E-state index is 0.205. The standard InChI is InChI=1S/C34H65O8P/c1-3-5-7-9-11-13-15-17-19-21-23-25-27-29-34(36)42-32(31-41-43(37,38)39)30-40-33(35)28-26-24-22-20-18-16-14-12-10-8-6-4-2/h13,15,32H,3-12,14,16-31H2,1-2H3,(H2,37,38,39)/b15-13-/t32-/m1/s1. The summed E-state index contributed by atoms with van der Waals surface area (Å²) in [5.41, 5.74) is 0. The summed E-state index contributed by atoms with van der Waals surface area (Å²) in [6.45, 7) is 3.64. The van der Waals surface area contributed by atoms with Crippen molar-refractivity contribution in [2.45, 2.75) is 180 Å². The summed E-state index contributed by atoms with van der Waals surface area (Å²) >= 11 is 0. The van der Waals surface area contributed by atoms with Crippen LogP contribution in [0.2, 0.25) is 0 Å². The third-order valence-corrected chi connectivity index (χ3v) is 8.02. The van der Waals surface area contributed by atoms with Gasteiger partial charge in [-0.15, -0.1) is 0 Å². The van der Waals surface area contributed by atoms with Crippen LogP contribution in [0.5, 0.6) is 0 Å². The van der Waals surface area contributed by atoms with Crippen LogP contribution in [0.1, 0.15) is 174 Å². The number of hydrogen-bond acceptors (Lipinski definition) is 6. The van der Waals surface area contributed by atoms with Gasteiger partial charge in [0, 0.05) is 12.8 Å². The first kappa shape index (κ1) is 41.8. The Kier molecular flexibility index (Phi) is 29.9. The van der Waals surface area contributed by atoms with Crippen LogP contribution in [0.4, 0.5) is 0 Å². The van der Waals surface area contributed by atoms with Gasteiger partial charge < -0.3 is 19.3 Å². The average Bonchev–Trinajstić information content (AvgIpc) is 2.97. The zero-order valence-corrected chi connectivity index (χ0v) is 28.5. The molecule has 0 spiro atoms. The van der Waals surface area contributed by atoms with E-state index in [-0.39, 0.29) is 19.4 Å². The van der Waals surface area contributed by atoms with Crippen molar-refractivity contribution in [3.05, 3.63) is 12.2 Å². The lowest BCUT2D eigenvalue weighted by atomic mass is 10.0. The molecule has 9 heteroatoms. The number of ether oxygens (including phenoxy) is 2. The Bertz CT molecular complexity index is 721. The van der Waals surface area contributed by atoms with Crippen LogP contribution in [0.3, 0.4) is 0 Å².